The fraction of sp³-hybridized carbons (Fsp3) is 0.600. The number of amides is 1. The molecule has 0 aliphatic carbocycles. The van der Waals surface area contributed by atoms with Gasteiger partial charge in [0.15, 0.2) is 5.78 Å². The molecule has 1 aliphatic rings. The van der Waals surface area contributed by atoms with Gasteiger partial charge in [0.05, 0.1) is 25.5 Å². The maximum Gasteiger partial charge on any atom is 0.239 e. The van der Waals surface area contributed by atoms with Gasteiger partial charge >= 0.3 is 0 Å². The number of nitrogens with zero attached hydrogens (tertiary/aromatic N) is 2. The van der Waals surface area contributed by atoms with Crippen molar-refractivity contribution in [3.8, 4) is 0 Å². The van der Waals surface area contributed by atoms with Gasteiger partial charge in [0, 0.05) is 26.3 Å². The Morgan fingerprint density at radius 1 is 1.48 bits per heavy atom. The molecule has 0 aromatic carbocycles. The van der Waals surface area contributed by atoms with Gasteiger partial charge in [-0.1, -0.05) is 6.92 Å². The molecule has 1 unspecified atom stereocenters. The highest BCUT2D eigenvalue weighted by Gasteiger charge is 2.30. The van der Waals surface area contributed by atoms with Crippen molar-refractivity contribution in [3.05, 3.63) is 24.0 Å². The number of carbonyl (C=O) groups excluding carboxylic acids is 2. The largest absolute Gasteiger partial charge is 0.378 e. The van der Waals surface area contributed by atoms with Crippen molar-refractivity contribution in [2.75, 3.05) is 32.8 Å². The van der Waals surface area contributed by atoms with Crippen molar-refractivity contribution < 1.29 is 14.3 Å². The lowest BCUT2D eigenvalue weighted by Gasteiger charge is -2.33. The molecule has 0 radical (unpaired) electrons. The average molecular weight is 293 g/mol. The second-order valence-corrected chi connectivity index (χ2v) is 5.28. The van der Waals surface area contributed by atoms with Crippen LogP contribution in [-0.4, -0.2) is 60.0 Å². The van der Waals surface area contributed by atoms with Crippen molar-refractivity contribution in [2.45, 2.75) is 19.4 Å². The SMILES string of the molecule is CCCNC(=O)C1COCCN1CC(=O)c1cccn1C. The molecule has 21 heavy (non-hydrogen) atoms. The molecule has 1 fully saturated rings. The summed E-state index contributed by atoms with van der Waals surface area (Å²) in [6, 6.07) is 3.27. The monoisotopic (exact) mass is 293 g/mol. The fourth-order valence-electron chi connectivity index (χ4n) is 2.45. The van der Waals surface area contributed by atoms with Crippen LogP contribution in [0.25, 0.3) is 0 Å². The van der Waals surface area contributed by atoms with Gasteiger partial charge < -0.3 is 14.6 Å². The molecule has 1 N–H and O–H groups in total. The number of aryl methyl sites for hydroxylation is 1. The van der Waals surface area contributed by atoms with Crippen LogP contribution in [0.4, 0.5) is 0 Å². The lowest BCUT2D eigenvalue weighted by Crippen LogP contribution is -2.55. The lowest BCUT2D eigenvalue weighted by atomic mass is 10.1. The number of ketones is 1. The Balaban J connectivity index is 2.00. The van der Waals surface area contributed by atoms with Crippen LogP contribution in [0.2, 0.25) is 0 Å². The Morgan fingerprint density at radius 3 is 2.95 bits per heavy atom. The fourth-order valence-corrected chi connectivity index (χ4v) is 2.45. The number of carbonyl (C=O) groups is 2. The van der Waals surface area contributed by atoms with Gasteiger partial charge in [-0.15, -0.1) is 0 Å². The zero-order valence-electron chi connectivity index (χ0n) is 12.7. The van der Waals surface area contributed by atoms with Gasteiger partial charge in [-0.25, -0.2) is 0 Å². The predicted molar refractivity (Wildman–Crippen MR) is 79.2 cm³/mol. The van der Waals surface area contributed by atoms with E-state index in [0.29, 0.717) is 32.0 Å². The summed E-state index contributed by atoms with van der Waals surface area (Å²) < 4.78 is 7.19. The van der Waals surface area contributed by atoms with Crippen LogP contribution in [0.1, 0.15) is 23.8 Å². The van der Waals surface area contributed by atoms with E-state index < -0.39 is 0 Å². The number of hydrogen-bond acceptors (Lipinski definition) is 4. The average Bonchev–Trinajstić information content (AvgIpc) is 2.91. The molecule has 0 bridgehead atoms. The maximum absolute atomic E-state index is 12.3. The molecule has 6 nitrogen and oxygen atoms in total. The Hall–Kier alpha value is -1.66. The van der Waals surface area contributed by atoms with Crippen molar-refractivity contribution in [1.82, 2.24) is 14.8 Å². The molecule has 1 saturated heterocycles. The van der Waals surface area contributed by atoms with Crippen LogP contribution in [0, 0.1) is 0 Å². The minimum absolute atomic E-state index is 0.0256. The second kappa shape index (κ2) is 7.38. The minimum Gasteiger partial charge on any atom is -0.378 e. The summed E-state index contributed by atoms with van der Waals surface area (Å²) in [6.07, 6.45) is 2.74. The Labute approximate surface area is 125 Å². The third kappa shape index (κ3) is 3.92. The van der Waals surface area contributed by atoms with E-state index in [1.54, 1.807) is 10.6 Å². The Kier molecular flexibility index (Phi) is 5.52. The third-order valence-electron chi connectivity index (χ3n) is 3.67. The zero-order valence-corrected chi connectivity index (χ0v) is 12.7. The molecular formula is C15H23N3O3. The van der Waals surface area contributed by atoms with Crippen LogP contribution in [-0.2, 0) is 16.6 Å². The zero-order chi connectivity index (χ0) is 15.2. The van der Waals surface area contributed by atoms with E-state index in [9.17, 15) is 9.59 Å². The summed E-state index contributed by atoms with van der Waals surface area (Å²) in [5.74, 6) is -0.0334. The Morgan fingerprint density at radius 2 is 2.29 bits per heavy atom. The van der Waals surface area contributed by atoms with Gasteiger partial charge in [-0.05, 0) is 18.6 Å². The van der Waals surface area contributed by atoms with Crippen LogP contribution in [0.5, 0.6) is 0 Å². The first-order chi connectivity index (χ1) is 10.1. The lowest BCUT2D eigenvalue weighted by molar-refractivity contribution is -0.132. The number of aromatic nitrogens is 1. The summed E-state index contributed by atoms with van der Waals surface area (Å²) in [4.78, 5) is 26.4. The highest BCUT2D eigenvalue weighted by Crippen LogP contribution is 2.10. The van der Waals surface area contributed by atoms with Crippen molar-refractivity contribution >= 4 is 11.7 Å². The molecule has 1 amide bonds. The highest BCUT2D eigenvalue weighted by molar-refractivity contribution is 5.96. The van der Waals surface area contributed by atoms with Gasteiger partial charge in [-0.2, -0.15) is 0 Å². The van der Waals surface area contributed by atoms with E-state index in [0.717, 1.165) is 6.42 Å². The van der Waals surface area contributed by atoms with Gasteiger partial charge in [-0.3, -0.25) is 14.5 Å². The highest BCUT2D eigenvalue weighted by atomic mass is 16.5. The number of Topliss-reactive ketones (excluding diaryl/α,β-unsaturated/α-hetero) is 1. The molecule has 116 valence electrons. The van der Waals surface area contributed by atoms with Gasteiger partial charge in [0.25, 0.3) is 0 Å². The summed E-state index contributed by atoms with van der Waals surface area (Å²) in [7, 11) is 1.85. The van der Waals surface area contributed by atoms with E-state index in [4.69, 9.17) is 4.74 Å². The summed E-state index contributed by atoms with van der Waals surface area (Å²) >= 11 is 0. The molecule has 2 heterocycles. The third-order valence-corrected chi connectivity index (χ3v) is 3.67. The molecule has 1 aliphatic heterocycles. The second-order valence-electron chi connectivity index (χ2n) is 5.28. The molecule has 1 atom stereocenters. The van der Waals surface area contributed by atoms with E-state index >= 15 is 0 Å². The molecule has 1 aromatic rings. The van der Waals surface area contributed by atoms with Gasteiger partial charge in [0.2, 0.25) is 5.91 Å². The Bertz CT molecular complexity index is 498. The standard InChI is InChI=1S/C15H23N3O3/c1-3-6-16-15(20)13-11-21-9-8-18(13)10-14(19)12-5-4-7-17(12)2/h4-5,7,13H,3,6,8-11H2,1-2H3,(H,16,20). The maximum atomic E-state index is 12.3. The van der Waals surface area contributed by atoms with Crippen molar-refractivity contribution in [3.63, 3.8) is 0 Å². The molecule has 1 aromatic heterocycles. The van der Waals surface area contributed by atoms with Gasteiger partial charge in [0.1, 0.15) is 6.04 Å². The summed E-state index contributed by atoms with van der Waals surface area (Å²) in [5.41, 5.74) is 0.661. The summed E-state index contributed by atoms with van der Waals surface area (Å²) in [5, 5.41) is 2.87. The normalized spacial score (nSPS) is 19.4. The number of rotatable bonds is 6. The first-order valence-corrected chi connectivity index (χ1v) is 7.37. The minimum atomic E-state index is -0.380. The first-order valence-electron chi connectivity index (χ1n) is 7.37. The molecular weight excluding hydrogens is 270 g/mol. The molecule has 6 heteroatoms. The van der Waals surface area contributed by atoms with E-state index in [1.165, 1.54) is 0 Å². The molecule has 2 rings (SSSR count). The van der Waals surface area contributed by atoms with Crippen molar-refractivity contribution in [2.24, 2.45) is 7.05 Å². The number of hydrogen-bond donors (Lipinski definition) is 1. The van der Waals surface area contributed by atoms with Crippen LogP contribution < -0.4 is 5.32 Å². The van der Waals surface area contributed by atoms with Crippen LogP contribution >= 0.6 is 0 Å². The first kappa shape index (κ1) is 15.7. The number of nitrogens with one attached hydrogen (secondary N) is 1. The predicted octanol–water partition coefficient (Wildman–Crippen LogP) is 0.435. The summed E-state index contributed by atoms with van der Waals surface area (Å²) in [6.45, 7) is 4.39. The van der Waals surface area contributed by atoms with Crippen molar-refractivity contribution in [1.29, 1.82) is 0 Å². The smallest absolute Gasteiger partial charge is 0.239 e. The quantitative estimate of drug-likeness (QED) is 0.773. The van der Waals surface area contributed by atoms with E-state index in [-0.39, 0.29) is 24.3 Å². The molecule has 0 spiro atoms. The van der Waals surface area contributed by atoms with E-state index in [2.05, 4.69) is 5.32 Å². The van der Waals surface area contributed by atoms with E-state index in [1.807, 2.05) is 31.1 Å². The molecule has 0 saturated carbocycles. The topological polar surface area (TPSA) is 63.6 Å². The van der Waals surface area contributed by atoms with Crippen LogP contribution in [0.15, 0.2) is 18.3 Å². The number of morpholine rings is 1. The van der Waals surface area contributed by atoms with Crippen LogP contribution in [0.3, 0.4) is 0 Å². The number of ether oxygens (including phenoxy) is 1.